The third-order valence-corrected chi connectivity index (χ3v) is 6.90. The number of benzene rings is 2. The molecule has 0 saturated carbocycles. The highest BCUT2D eigenvalue weighted by Crippen LogP contribution is 2.35. The zero-order chi connectivity index (χ0) is 22.4. The molecule has 0 aliphatic carbocycles. The molecule has 0 radical (unpaired) electrons. The quantitative estimate of drug-likeness (QED) is 0.699. The number of nitrogens with zero attached hydrogens (tertiary/aromatic N) is 2. The minimum atomic E-state index is -4.64. The number of hydrogen-bond acceptors (Lipinski definition) is 5. The number of carbonyl (C=O) groups excluding carboxylic acids is 1. The minimum Gasteiger partial charge on any atom is -0.368 e. The average molecular weight is 475 g/mol. The van der Waals surface area contributed by atoms with E-state index in [1.165, 1.54) is 4.90 Å². The van der Waals surface area contributed by atoms with E-state index in [0.717, 1.165) is 11.8 Å². The van der Waals surface area contributed by atoms with Gasteiger partial charge in [-0.15, -0.1) is 0 Å². The fourth-order valence-electron chi connectivity index (χ4n) is 3.61. The second-order valence-electron chi connectivity index (χ2n) is 7.20. The van der Waals surface area contributed by atoms with E-state index in [1.807, 2.05) is 23.1 Å². The lowest BCUT2D eigenvalue weighted by atomic mass is 10.2. The molecule has 2 aliphatic rings. The fraction of sp³-hybridized carbons (Fsp3) is 0.316. The number of halogens is 4. The number of amides is 1. The molecule has 2 aliphatic heterocycles. The third-order valence-electron chi connectivity index (χ3n) is 5.18. The van der Waals surface area contributed by atoms with Crippen LogP contribution >= 0.6 is 11.6 Å². The molecule has 166 valence electrons. The largest absolute Gasteiger partial charge is 0.416 e. The molecule has 2 aromatic rings. The van der Waals surface area contributed by atoms with Gasteiger partial charge < -0.3 is 15.1 Å². The summed E-state index contributed by atoms with van der Waals surface area (Å²) in [6.45, 7) is 1.64. The number of alkyl halides is 3. The van der Waals surface area contributed by atoms with Crippen molar-refractivity contribution >= 4 is 38.9 Å². The SMILES string of the molecule is O=C(C1Nc2cc(C(F)(F)F)ccc2S(=O)(=O)N1)N1CCN(c2cccc(Cl)c2)CC1. The Labute approximate surface area is 181 Å². The van der Waals surface area contributed by atoms with Crippen molar-refractivity contribution in [1.82, 2.24) is 9.62 Å². The number of hydrogen-bond donors (Lipinski definition) is 2. The van der Waals surface area contributed by atoms with Gasteiger partial charge in [-0.2, -0.15) is 17.9 Å². The first kappa shape index (κ1) is 21.7. The zero-order valence-corrected chi connectivity index (χ0v) is 17.6. The predicted octanol–water partition coefficient (Wildman–Crippen LogP) is 2.74. The Morgan fingerprint density at radius 3 is 2.42 bits per heavy atom. The number of rotatable bonds is 2. The number of sulfonamides is 1. The molecule has 1 fully saturated rings. The van der Waals surface area contributed by atoms with Crippen LogP contribution in [0.5, 0.6) is 0 Å². The highest BCUT2D eigenvalue weighted by molar-refractivity contribution is 7.89. The second kappa shape index (κ2) is 7.88. The maximum Gasteiger partial charge on any atom is 0.416 e. The lowest BCUT2D eigenvalue weighted by molar-refractivity contribution is -0.137. The van der Waals surface area contributed by atoms with E-state index in [-0.39, 0.29) is 10.6 Å². The Bertz CT molecular complexity index is 1120. The molecule has 2 heterocycles. The summed E-state index contributed by atoms with van der Waals surface area (Å²) in [6, 6.07) is 9.55. The van der Waals surface area contributed by atoms with Crippen LogP contribution in [0.2, 0.25) is 5.02 Å². The maximum atomic E-state index is 13.0. The second-order valence-corrected chi connectivity index (χ2v) is 9.32. The first-order chi connectivity index (χ1) is 14.5. The van der Waals surface area contributed by atoms with Crippen LogP contribution in [-0.4, -0.2) is 51.6 Å². The number of nitrogens with one attached hydrogen (secondary N) is 2. The first-order valence-electron chi connectivity index (χ1n) is 9.34. The van der Waals surface area contributed by atoms with Gasteiger partial charge in [0, 0.05) is 36.9 Å². The number of anilines is 2. The molecule has 12 heteroatoms. The van der Waals surface area contributed by atoms with Crippen molar-refractivity contribution in [2.75, 3.05) is 36.4 Å². The van der Waals surface area contributed by atoms with Crippen molar-refractivity contribution in [2.24, 2.45) is 0 Å². The predicted molar refractivity (Wildman–Crippen MR) is 109 cm³/mol. The summed E-state index contributed by atoms with van der Waals surface area (Å²) in [5, 5.41) is 3.19. The van der Waals surface area contributed by atoms with E-state index in [4.69, 9.17) is 11.6 Å². The molecule has 7 nitrogen and oxygen atoms in total. The summed E-state index contributed by atoms with van der Waals surface area (Å²) >= 11 is 6.02. The van der Waals surface area contributed by atoms with Crippen molar-refractivity contribution in [3.63, 3.8) is 0 Å². The van der Waals surface area contributed by atoms with Crippen molar-refractivity contribution in [2.45, 2.75) is 17.2 Å². The Kier molecular flexibility index (Phi) is 5.52. The molecule has 4 rings (SSSR count). The standard InChI is InChI=1S/C19H18ClF3N4O3S/c20-13-2-1-3-14(11-13)26-6-8-27(9-7-26)18(28)17-24-15-10-12(19(21,22)23)4-5-16(15)31(29,30)25-17/h1-5,10-11,17,24-25H,6-9H2. The Morgan fingerprint density at radius 1 is 1.06 bits per heavy atom. The average Bonchev–Trinajstić information content (AvgIpc) is 2.72. The monoisotopic (exact) mass is 474 g/mol. The Hall–Kier alpha value is -2.50. The van der Waals surface area contributed by atoms with E-state index in [1.54, 1.807) is 6.07 Å². The molecule has 31 heavy (non-hydrogen) atoms. The van der Waals surface area contributed by atoms with Crippen LogP contribution in [0.25, 0.3) is 0 Å². The zero-order valence-electron chi connectivity index (χ0n) is 16.0. The summed E-state index contributed by atoms with van der Waals surface area (Å²) in [7, 11) is -4.15. The van der Waals surface area contributed by atoms with E-state index < -0.39 is 33.8 Å². The molecule has 2 aromatic carbocycles. The minimum absolute atomic E-state index is 0.260. The van der Waals surface area contributed by atoms with Crippen LogP contribution in [-0.2, 0) is 21.0 Å². The summed E-state index contributed by atoms with van der Waals surface area (Å²) in [5.41, 5.74) is -0.355. The summed E-state index contributed by atoms with van der Waals surface area (Å²) < 4.78 is 66.2. The van der Waals surface area contributed by atoms with E-state index in [2.05, 4.69) is 10.0 Å². The van der Waals surface area contributed by atoms with Gasteiger partial charge in [0.15, 0.2) is 6.17 Å². The van der Waals surface area contributed by atoms with Gasteiger partial charge in [-0.3, -0.25) is 4.79 Å². The van der Waals surface area contributed by atoms with Crippen LogP contribution in [0, 0.1) is 0 Å². The lowest BCUT2D eigenvalue weighted by Crippen LogP contribution is -2.58. The molecule has 0 bridgehead atoms. The smallest absolute Gasteiger partial charge is 0.368 e. The molecule has 1 atom stereocenters. The molecule has 1 amide bonds. The molecular weight excluding hydrogens is 457 g/mol. The fourth-order valence-corrected chi connectivity index (χ4v) is 5.05. The van der Waals surface area contributed by atoms with Crippen molar-refractivity contribution in [3.8, 4) is 0 Å². The van der Waals surface area contributed by atoms with Gasteiger partial charge in [0.25, 0.3) is 5.91 Å². The van der Waals surface area contributed by atoms with Crippen LogP contribution in [0.15, 0.2) is 47.4 Å². The Morgan fingerprint density at radius 2 is 1.77 bits per heavy atom. The van der Waals surface area contributed by atoms with Crippen molar-refractivity contribution < 1.29 is 26.4 Å². The number of fused-ring (bicyclic) bond motifs is 1. The van der Waals surface area contributed by atoms with Crippen molar-refractivity contribution in [1.29, 1.82) is 0 Å². The van der Waals surface area contributed by atoms with Crippen LogP contribution < -0.4 is 14.9 Å². The normalized spacial score (nSPS) is 20.7. The Balaban J connectivity index is 1.49. The van der Waals surface area contributed by atoms with Crippen LogP contribution in [0.3, 0.4) is 0 Å². The van der Waals surface area contributed by atoms with E-state index >= 15 is 0 Å². The maximum absolute atomic E-state index is 13.0. The summed E-state index contributed by atoms with van der Waals surface area (Å²) in [5.74, 6) is -0.558. The molecule has 0 aromatic heterocycles. The van der Waals surface area contributed by atoms with Crippen molar-refractivity contribution in [3.05, 3.63) is 53.1 Å². The van der Waals surface area contributed by atoms with Crippen LogP contribution in [0.4, 0.5) is 24.5 Å². The molecule has 2 N–H and O–H groups in total. The molecule has 1 unspecified atom stereocenters. The van der Waals surface area contributed by atoms with Gasteiger partial charge in [0.1, 0.15) is 4.90 Å². The lowest BCUT2D eigenvalue weighted by Gasteiger charge is -2.38. The summed E-state index contributed by atoms with van der Waals surface area (Å²) in [4.78, 5) is 16.1. The van der Waals surface area contributed by atoms with Gasteiger partial charge in [0.2, 0.25) is 10.0 Å². The van der Waals surface area contributed by atoms with Gasteiger partial charge in [-0.05, 0) is 36.4 Å². The van der Waals surface area contributed by atoms with Gasteiger partial charge >= 0.3 is 6.18 Å². The first-order valence-corrected chi connectivity index (χ1v) is 11.2. The van der Waals surface area contributed by atoms with Gasteiger partial charge in [-0.25, -0.2) is 8.42 Å². The summed E-state index contributed by atoms with van der Waals surface area (Å²) in [6.07, 6.45) is -6.03. The number of carbonyl (C=O) groups is 1. The molecular formula is C19H18ClF3N4O3S. The topological polar surface area (TPSA) is 81.7 Å². The highest BCUT2D eigenvalue weighted by Gasteiger charge is 2.38. The van der Waals surface area contributed by atoms with E-state index in [0.29, 0.717) is 43.3 Å². The molecule has 1 saturated heterocycles. The highest BCUT2D eigenvalue weighted by atomic mass is 35.5. The van der Waals surface area contributed by atoms with E-state index in [9.17, 15) is 26.4 Å². The third kappa shape index (κ3) is 4.43. The van der Waals surface area contributed by atoms with Gasteiger partial charge in [-0.1, -0.05) is 17.7 Å². The van der Waals surface area contributed by atoms with Gasteiger partial charge in [0.05, 0.1) is 11.3 Å². The molecule has 0 spiro atoms. The number of piperazine rings is 1. The van der Waals surface area contributed by atoms with Crippen LogP contribution in [0.1, 0.15) is 5.56 Å².